The van der Waals surface area contributed by atoms with Crippen LogP contribution >= 0.6 is 22.9 Å². The predicted molar refractivity (Wildman–Crippen MR) is 93.0 cm³/mol. The Morgan fingerprint density at radius 2 is 2.23 bits per heavy atom. The molecule has 0 aliphatic carbocycles. The number of benzene rings is 1. The maximum absolute atomic E-state index is 11.8. The second-order valence-corrected chi connectivity index (χ2v) is 6.78. The Labute approximate surface area is 139 Å². The lowest BCUT2D eigenvalue weighted by Crippen LogP contribution is -2.26. The van der Waals surface area contributed by atoms with E-state index < -0.39 is 0 Å². The number of aromatic nitrogens is 1. The second-order valence-electron chi connectivity index (χ2n) is 5.49. The molecule has 0 saturated heterocycles. The molecule has 0 bridgehead atoms. The van der Waals surface area contributed by atoms with Gasteiger partial charge in [0.15, 0.2) is 5.13 Å². The third-order valence-electron chi connectivity index (χ3n) is 3.01. The fraction of sp³-hybridized carbons (Fsp3) is 0.375. The number of amides is 1. The molecule has 1 heterocycles. The van der Waals surface area contributed by atoms with Gasteiger partial charge in [-0.15, -0.1) is 11.3 Å². The molecule has 2 aromatic rings. The van der Waals surface area contributed by atoms with Crippen LogP contribution in [-0.4, -0.2) is 17.4 Å². The van der Waals surface area contributed by atoms with E-state index in [0.29, 0.717) is 23.9 Å². The first kappa shape index (κ1) is 16.8. The van der Waals surface area contributed by atoms with Crippen LogP contribution in [0, 0.1) is 5.92 Å². The van der Waals surface area contributed by atoms with E-state index in [-0.39, 0.29) is 5.91 Å². The van der Waals surface area contributed by atoms with Crippen molar-refractivity contribution >= 4 is 39.7 Å². The van der Waals surface area contributed by atoms with Crippen LogP contribution in [0.4, 0.5) is 10.8 Å². The van der Waals surface area contributed by atoms with Crippen LogP contribution in [0.5, 0.6) is 0 Å². The number of carbonyl (C=O) groups is 1. The molecule has 0 aliphatic heterocycles. The van der Waals surface area contributed by atoms with Crippen LogP contribution in [0.25, 0.3) is 0 Å². The maximum Gasteiger partial charge on any atom is 0.226 e. The molecule has 0 aliphatic rings. The molecule has 0 atom stereocenters. The summed E-state index contributed by atoms with van der Waals surface area (Å²) < 4.78 is 0. The minimum absolute atomic E-state index is 0.0141. The van der Waals surface area contributed by atoms with Crippen molar-refractivity contribution in [3.63, 3.8) is 0 Å². The zero-order valence-corrected chi connectivity index (χ0v) is 14.3. The Balaban J connectivity index is 1.84. The highest BCUT2D eigenvalue weighted by atomic mass is 35.5. The largest absolute Gasteiger partial charge is 0.356 e. The second kappa shape index (κ2) is 8.15. The SMILES string of the molecule is CC(C)CCNC(=O)Cc1csc(Nc2cccc(Cl)c2)n1. The van der Waals surface area contributed by atoms with Crippen LogP contribution in [0.15, 0.2) is 29.6 Å². The summed E-state index contributed by atoms with van der Waals surface area (Å²) in [5, 5.41) is 9.43. The van der Waals surface area contributed by atoms with Gasteiger partial charge in [-0.1, -0.05) is 31.5 Å². The van der Waals surface area contributed by atoms with Gasteiger partial charge in [0.2, 0.25) is 5.91 Å². The summed E-state index contributed by atoms with van der Waals surface area (Å²) in [6.45, 7) is 5.00. The Morgan fingerprint density at radius 1 is 1.41 bits per heavy atom. The molecule has 0 fully saturated rings. The van der Waals surface area contributed by atoms with Crippen molar-refractivity contribution in [3.05, 3.63) is 40.4 Å². The molecule has 22 heavy (non-hydrogen) atoms. The van der Waals surface area contributed by atoms with Crippen LogP contribution in [0.1, 0.15) is 26.0 Å². The molecule has 4 nitrogen and oxygen atoms in total. The van der Waals surface area contributed by atoms with E-state index in [4.69, 9.17) is 11.6 Å². The van der Waals surface area contributed by atoms with E-state index in [2.05, 4.69) is 29.5 Å². The minimum Gasteiger partial charge on any atom is -0.356 e. The highest BCUT2D eigenvalue weighted by Crippen LogP contribution is 2.23. The molecule has 2 N–H and O–H groups in total. The van der Waals surface area contributed by atoms with Crippen molar-refractivity contribution in [2.75, 3.05) is 11.9 Å². The van der Waals surface area contributed by atoms with Crippen molar-refractivity contribution in [1.29, 1.82) is 0 Å². The lowest BCUT2D eigenvalue weighted by molar-refractivity contribution is -0.120. The van der Waals surface area contributed by atoms with Crippen molar-refractivity contribution in [3.8, 4) is 0 Å². The average Bonchev–Trinajstić information content (AvgIpc) is 2.85. The van der Waals surface area contributed by atoms with Gasteiger partial charge in [0.05, 0.1) is 12.1 Å². The van der Waals surface area contributed by atoms with E-state index in [1.807, 2.05) is 29.6 Å². The number of carbonyl (C=O) groups excluding carboxylic acids is 1. The van der Waals surface area contributed by atoms with Gasteiger partial charge in [0.25, 0.3) is 0 Å². The number of rotatable bonds is 7. The Hall–Kier alpha value is -1.59. The first-order valence-electron chi connectivity index (χ1n) is 7.26. The number of hydrogen-bond acceptors (Lipinski definition) is 4. The minimum atomic E-state index is 0.0141. The maximum atomic E-state index is 11.8. The smallest absolute Gasteiger partial charge is 0.226 e. The van der Waals surface area contributed by atoms with Crippen LogP contribution in [0.3, 0.4) is 0 Å². The molecule has 0 spiro atoms. The lowest BCUT2D eigenvalue weighted by atomic mass is 10.1. The Bertz CT molecular complexity index is 627. The summed E-state index contributed by atoms with van der Waals surface area (Å²) in [5.74, 6) is 0.605. The molecule has 1 aromatic carbocycles. The topological polar surface area (TPSA) is 54.0 Å². The van der Waals surface area contributed by atoms with Gasteiger partial charge in [0.1, 0.15) is 0 Å². The van der Waals surface area contributed by atoms with Crippen molar-refractivity contribution in [1.82, 2.24) is 10.3 Å². The van der Waals surface area contributed by atoms with Gasteiger partial charge in [-0.25, -0.2) is 4.98 Å². The third kappa shape index (κ3) is 5.66. The van der Waals surface area contributed by atoms with Crippen molar-refractivity contribution in [2.24, 2.45) is 5.92 Å². The number of nitrogens with one attached hydrogen (secondary N) is 2. The monoisotopic (exact) mass is 337 g/mol. The van der Waals surface area contributed by atoms with E-state index in [0.717, 1.165) is 22.9 Å². The first-order chi connectivity index (χ1) is 10.5. The van der Waals surface area contributed by atoms with Gasteiger partial charge >= 0.3 is 0 Å². The van der Waals surface area contributed by atoms with Gasteiger partial charge in [-0.05, 0) is 30.5 Å². The van der Waals surface area contributed by atoms with Crippen molar-refractivity contribution in [2.45, 2.75) is 26.7 Å². The van der Waals surface area contributed by atoms with Crippen LogP contribution in [0.2, 0.25) is 5.02 Å². The van der Waals surface area contributed by atoms with Gasteiger partial charge < -0.3 is 10.6 Å². The number of anilines is 2. The van der Waals surface area contributed by atoms with E-state index >= 15 is 0 Å². The van der Waals surface area contributed by atoms with E-state index in [1.165, 1.54) is 11.3 Å². The number of halogens is 1. The molecule has 0 unspecified atom stereocenters. The molecular formula is C16H20ClN3OS. The summed E-state index contributed by atoms with van der Waals surface area (Å²) >= 11 is 7.42. The molecule has 0 saturated carbocycles. The standard InChI is InChI=1S/C16H20ClN3OS/c1-11(2)6-7-18-15(21)9-14-10-22-16(20-14)19-13-5-3-4-12(17)8-13/h3-5,8,10-11H,6-7,9H2,1-2H3,(H,18,21)(H,19,20). The summed E-state index contributed by atoms with van der Waals surface area (Å²) in [4.78, 5) is 16.2. The highest BCUT2D eigenvalue weighted by molar-refractivity contribution is 7.13. The average molecular weight is 338 g/mol. The zero-order chi connectivity index (χ0) is 15.9. The quantitative estimate of drug-likeness (QED) is 0.794. The van der Waals surface area contributed by atoms with Gasteiger partial charge in [-0.3, -0.25) is 4.79 Å². The summed E-state index contributed by atoms with van der Waals surface area (Å²) in [6, 6.07) is 7.45. The Kier molecular flexibility index (Phi) is 6.21. The van der Waals surface area contributed by atoms with E-state index in [9.17, 15) is 4.79 Å². The highest BCUT2D eigenvalue weighted by Gasteiger charge is 2.08. The summed E-state index contributed by atoms with van der Waals surface area (Å²) in [5.41, 5.74) is 1.66. The molecule has 1 aromatic heterocycles. The number of thiazole rings is 1. The molecule has 6 heteroatoms. The molecule has 118 valence electrons. The molecule has 1 amide bonds. The van der Waals surface area contributed by atoms with Crippen LogP contribution < -0.4 is 10.6 Å². The molecule has 2 rings (SSSR count). The molecule has 0 radical (unpaired) electrons. The molecular weight excluding hydrogens is 318 g/mol. The predicted octanol–water partition coefficient (Wildman–Crippen LogP) is 4.24. The van der Waals surface area contributed by atoms with Gasteiger partial charge in [-0.2, -0.15) is 0 Å². The van der Waals surface area contributed by atoms with Gasteiger partial charge in [0, 0.05) is 22.6 Å². The number of hydrogen-bond donors (Lipinski definition) is 2. The van der Waals surface area contributed by atoms with Crippen LogP contribution in [-0.2, 0) is 11.2 Å². The summed E-state index contributed by atoms with van der Waals surface area (Å²) in [6.07, 6.45) is 1.30. The number of nitrogens with zero attached hydrogens (tertiary/aromatic N) is 1. The fourth-order valence-electron chi connectivity index (χ4n) is 1.86. The fourth-order valence-corrected chi connectivity index (χ4v) is 2.78. The summed E-state index contributed by atoms with van der Waals surface area (Å²) in [7, 11) is 0. The van der Waals surface area contributed by atoms with E-state index in [1.54, 1.807) is 0 Å². The van der Waals surface area contributed by atoms with Crippen molar-refractivity contribution < 1.29 is 4.79 Å². The lowest BCUT2D eigenvalue weighted by Gasteiger charge is -2.06. The normalized spacial score (nSPS) is 10.7. The third-order valence-corrected chi connectivity index (χ3v) is 4.05. The Morgan fingerprint density at radius 3 is 2.95 bits per heavy atom. The first-order valence-corrected chi connectivity index (χ1v) is 8.52. The zero-order valence-electron chi connectivity index (χ0n) is 12.7.